The quantitative estimate of drug-likeness (QED) is 0.447. The molecule has 0 saturated heterocycles. The van der Waals surface area contributed by atoms with Crippen molar-refractivity contribution in [2.75, 3.05) is 0 Å². The average Bonchev–Trinajstić information content (AvgIpc) is 2.49. The molecule has 7 heteroatoms. The molecule has 0 unspecified atom stereocenters. The van der Waals surface area contributed by atoms with Gasteiger partial charge in [-0.2, -0.15) is 4.99 Å². The van der Waals surface area contributed by atoms with E-state index in [0.29, 0.717) is 16.9 Å². The number of aliphatic imine (C=N–C) groups is 1. The smallest absolute Gasteiger partial charge is 0.192 e. The molecule has 0 saturated carbocycles. The standard InChI is InChI=1S/C13H16ClN5S.C2H6/c1-7(2)19-20-8-3-4-9-10(5-8)12(18-13(15)16)17-6-11(9)14;1-2/h3-7,19H,1-2H3,(H4,15,16,17,18);1-2H3. The van der Waals surface area contributed by atoms with Crippen molar-refractivity contribution >= 4 is 46.1 Å². The molecule has 5 N–H and O–H groups in total. The first-order chi connectivity index (χ1) is 10.5. The molecular weight excluding hydrogens is 318 g/mol. The summed E-state index contributed by atoms with van der Waals surface area (Å²) in [5.74, 6) is 0.441. The zero-order chi connectivity index (χ0) is 16.7. The van der Waals surface area contributed by atoms with Crippen molar-refractivity contribution in [1.82, 2.24) is 9.71 Å². The summed E-state index contributed by atoms with van der Waals surface area (Å²) in [6, 6.07) is 6.28. The summed E-state index contributed by atoms with van der Waals surface area (Å²) in [6.07, 6.45) is 1.55. The molecule has 1 aromatic carbocycles. The molecule has 2 rings (SSSR count). The van der Waals surface area contributed by atoms with Gasteiger partial charge in [0.15, 0.2) is 11.8 Å². The van der Waals surface area contributed by atoms with E-state index in [1.165, 1.54) is 0 Å². The molecule has 2 aromatic rings. The zero-order valence-corrected chi connectivity index (χ0v) is 14.8. The number of guanidine groups is 1. The number of fused-ring (bicyclic) bond motifs is 1. The second-order valence-corrected chi connectivity index (χ2v) is 5.87. The predicted octanol–water partition coefficient (Wildman–Crippen LogP) is 3.82. The molecule has 22 heavy (non-hydrogen) atoms. The van der Waals surface area contributed by atoms with Crippen LogP contribution in [-0.2, 0) is 0 Å². The maximum absolute atomic E-state index is 6.15. The Bertz CT molecular complexity index is 654. The van der Waals surface area contributed by atoms with Crippen LogP contribution in [0.1, 0.15) is 27.7 Å². The molecule has 120 valence electrons. The van der Waals surface area contributed by atoms with E-state index in [-0.39, 0.29) is 5.96 Å². The normalized spacial score (nSPS) is 10.3. The van der Waals surface area contributed by atoms with Crippen LogP contribution in [0.3, 0.4) is 0 Å². The summed E-state index contributed by atoms with van der Waals surface area (Å²) >= 11 is 7.69. The largest absolute Gasteiger partial charge is 0.370 e. The number of halogens is 1. The minimum absolute atomic E-state index is 0.0283. The Morgan fingerprint density at radius 1 is 1.27 bits per heavy atom. The summed E-state index contributed by atoms with van der Waals surface area (Å²) in [6.45, 7) is 8.16. The van der Waals surface area contributed by atoms with E-state index in [4.69, 9.17) is 23.1 Å². The number of nitrogens with zero attached hydrogens (tertiary/aromatic N) is 2. The molecule has 0 radical (unpaired) electrons. The van der Waals surface area contributed by atoms with Crippen LogP contribution in [0.2, 0.25) is 5.02 Å². The second-order valence-electron chi connectivity index (χ2n) is 4.55. The van der Waals surface area contributed by atoms with Gasteiger partial charge in [-0.25, -0.2) is 4.98 Å². The summed E-state index contributed by atoms with van der Waals surface area (Å²) < 4.78 is 3.28. The summed E-state index contributed by atoms with van der Waals surface area (Å²) in [4.78, 5) is 9.26. The van der Waals surface area contributed by atoms with Gasteiger partial charge < -0.3 is 11.5 Å². The highest BCUT2D eigenvalue weighted by Gasteiger charge is 2.08. The second kappa shape index (κ2) is 8.82. The minimum Gasteiger partial charge on any atom is -0.370 e. The summed E-state index contributed by atoms with van der Waals surface area (Å²) in [5.41, 5.74) is 10.9. The monoisotopic (exact) mass is 339 g/mol. The fourth-order valence-corrected chi connectivity index (χ4v) is 2.53. The Balaban J connectivity index is 0.00000116. The molecule has 5 nitrogen and oxygen atoms in total. The number of pyridine rings is 1. The van der Waals surface area contributed by atoms with Crippen molar-refractivity contribution in [3.05, 3.63) is 29.4 Å². The molecule has 0 aliphatic carbocycles. The van der Waals surface area contributed by atoms with Crippen LogP contribution < -0.4 is 16.2 Å². The molecule has 0 aliphatic heterocycles. The Labute approximate surface area is 140 Å². The molecule has 0 amide bonds. The van der Waals surface area contributed by atoms with E-state index in [1.807, 2.05) is 32.0 Å². The third kappa shape index (κ3) is 5.05. The maximum Gasteiger partial charge on any atom is 0.192 e. The maximum atomic E-state index is 6.15. The van der Waals surface area contributed by atoms with Crippen molar-refractivity contribution in [3.8, 4) is 0 Å². The lowest BCUT2D eigenvalue weighted by Gasteiger charge is -2.09. The molecular formula is C15H22ClN5S. The Morgan fingerprint density at radius 3 is 2.55 bits per heavy atom. The third-order valence-electron chi connectivity index (χ3n) is 2.44. The lowest BCUT2D eigenvalue weighted by atomic mass is 10.1. The Kier molecular flexibility index (Phi) is 7.44. The van der Waals surface area contributed by atoms with E-state index in [0.717, 1.165) is 15.7 Å². The van der Waals surface area contributed by atoms with Gasteiger partial charge in [0.2, 0.25) is 0 Å². The van der Waals surface area contributed by atoms with Gasteiger partial charge in [0.05, 0.1) is 5.02 Å². The Morgan fingerprint density at radius 2 is 1.95 bits per heavy atom. The van der Waals surface area contributed by atoms with Gasteiger partial charge in [-0.1, -0.05) is 31.5 Å². The zero-order valence-electron chi connectivity index (χ0n) is 13.2. The van der Waals surface area contributed by atoms with Crippen molar-refractivity contribution in [3.63, 3.8) is 0 Å². The summed E-state index contributed by atoms with van der Waals surface area (Å²) in [7, 11) is 0. The van der Waals surface area contributed by atoms with Crippen LogP contribution in [0.4, 0.5) is 5.82 Å². The number of benzene rings is 1. The van der Waals surface area contributed by atoms with Gasteiger partial charge in [0.1, 0.15) is 0 Å². The van der Waals surface area contributed by atoms with Crippen LogP contribution >= 0.6 is 23.5 Å². The number of nitrogens with two attached hydrogens (primary N) is 2. The number of rotatable bonds is 4. The van der Waals surface area contributed by atoms with Gasteiger partial charge in [-0.05, 0) is 37.9 Å². The van der Waals surface area contributed by atoms with E-state index in [9.17, 15) is 0 Å². The van der Waals surface area contributed by atoms with Crippen LogP contribution in [0, 0.1) is 0 Å². The molecule has 0 fully saturated rings. The number of hydrogen-bond donors (Lipinski definition) is 3. The fraction of sp³-hybridized carbons (Fsp3) is 0.333. The van der Waals surface area contributed by atoms with E-state index in [2.05, 4.69) is 28.5 Å². The molecule has 0 bridgehead atoms. The van der Waals surface area contributed by atoms with Gasteiger partial charge in [0, 0.05) is 27.9 Å². The van der Waals surface area contributed by atoms with Crippen LogP contribution in [0.25, 0.3) is 10.8 Å². The highest BCUT2D eigenvalue weighted by Crippen LogP contribution is 2.32. The van der Waals surface area contributed by atoms with Crippen molar-refractivity contribution in [2.24, 2.45) is 16.5 Å². The highest BCUT2D eigenvalue weighted by molar-refractivity contribution is 7.97. The molecule has 0 atom stereocenters. The fourth-order valence-electron chi connectivity index (χ4n) is 1.63. The molecule has 1 heterocycles. The lowest BCUT2D eigenvalue weighted by molar-refractivity contribution is 0.771. The minimum atomic E-state index is -0.0283. The van der Waals surface area contributed by atoms with Gasteiger partial charge in [0.25, 0.3) is 0 Å². The van der Waals surface area contributed by atoms with Crippen molar-refractivity contribution in [2.45, 2.75) is 38.6 Å². The van der Waals surface area contributed by atoms with Gasteiger partial charge >= 0.3 is 0 Å². The Hall–Kier alpha value is -1.50. The third-order valence-corrected chi connectivity index (χ3v) is 3.82. The number of hydrogen-bond acceptors (Lipinski definition) is 4. The molecule has 0 spiro atoms. The van der Waals surface area contributed by atoms with Gasteiger partial charge in [-0.3, -0.25) is 4.72 Å². The van der Waals surface area contributed by atoms with Crippen molar-refractivity contribution < 1.29 is 0 Å². The van der Waals surface area contributed by atoms with E-state index < -0.39 is 0 Å². The van der Waals surface area contributed by atoms with Crippen LogP contribution in [0.15, 0.2) is 34.3 Å². The number of aromatic nitrogens is 1. The van der Waals surface area contributed by atoms with Crippen LogP contribution in [0.5, 0.6) is 0 Å². The number of nitrogens with one attached hydrogen (secondary N) is 1. The first-order valence-corrected chi connectivity index (χ1v) is 8.27. The highest BCUT2D eigenvalue weighted by atomic mass is 35.5. The summed E-state index contributed by atoms with van der Waals surface area (Å²) in [5, 5.41) is 2.26. The van der Waals surface area contributed by atoms with Crippen LogP contribution in [-0.4, -0.2) is 17.0 Å². The first-order valence-electron chi connectivity index (χ1n) is 7.07. The lowest BCUT2D eigenvalue weighted by Crippen LogP contribution is -2.22. The topological polar surface area (TPSA) is 89.3 Å². The average molecular weight is 340 g/mol. The van der Waals surface area contributed by atoms with Crippen molar-refractivity contribution in [1.29, 1.82) is 0 Å². The van der Waals surface area contributed by atoms with Gasteiger partial charge in [-0.15, -0.1) is 0 Å². The molecule has 0 aliphatic rings. The SMILES string of the molecule is CC.CC(C)NSc1ccc2c(Cl)cnc(N=C(N)N)c2c1. The van der Waals surface area contributed by atoms with E-state index in [1.54, 1.807) is 18.1 Å². The first kappa shape index (κ1) is 18.5. The predicted molar refractivity (Wildman–Crippen MR) is 97.7 cm³/mol. The molecule has 1 aromatic heterocycles. The van der Waals surface area contributed by atoms with E-state index >= 15 is 0 Å².